The number of ether oxygens (including phenoxy) is 1. The first kappa shape index (κ1) is 17.7. The summed E-state index contributed by atoms with van der Waals surface area (Å²) >= 11 is 1.61. The van der Waals surface area contributed by atoms with E-state index in [0.29, 0.717) is 12.2 Å². The predicted molar refractivity (Wildman–Crippen MR) is 107 cm³/mol. The molecule has 1 aliphatic rings. The Kier molecular flexibility index (Phi) is 4.94. The summed E-state index contributed by atoms with van der Waals surface area (Å²) in [6.45, 7) is 2.42. The molecule has 1 N–H and O–H groups in total. The van der Waals surface area contributed by atoms with Gasteiger partial charge in [0.15, 0.2) is 0 Å². The monoisotopic (exact) mass is 378 g/mol. The molecule has 0 aliphatic heterocycles. The van der Waals surface area contributed by atoms with Crippen LogP contribution in [0, 0.1) is 6.92 Å². The summed E-state index contributed by atoms with van der Waals surface area (Å²) in [4.78, 5) is 17.1. The molecule has 0 radical (unpaired) electrons. The zero-order valence-electron chi connectivity index (χ0n) is 15.3. The molecule has 4 rings (SSSR count). The van der Waals surface area contributed by atoms with Crippen LogP contribution in [0.5, 0.6) is 5.75 Å². The minimum absolute atomic E-state index is 0.0415. The number of nitrogens with zero attached hydrogens (tertiary/aromatic N) is 1. The van der Waals surface area contributed by atoms with E-state index < -0.39 is 0 Å². The van der Waals surface area contributed by atoms with Gasteiger partial charge in [-0.05, 0) is 56.0 Å². The Balaban J connectivity index is 1.40. The van der Waals surface area contributed by atoms with E-state index in [4.69, 9.17) is 4.74 Å². The SMILES string of the molecule is Cc1nc(COc2ccc(C(=O)NC3(c4ccccc4)CCC3)cc2)cs1. The number of aryl methyl sites for hydroxylation is 1. The maximum absolute atomic E-state index is 12.8. The standard InChI is InChI=1S/C22H22N2O2S/c1-16-23-19(15-27-16)14-26-20-10-8-17(9-11-20)21(25)24-22(12-5-13-22)18-6-3-2-4-7-18/h2-4,6-11,15H,5,12-14H2,1H3,(H,24,25). The molecule has 1 aliphatic carbocycles. The summed E-state index contributed by atoms with van der Waals surface area (Å²) in [5, 5.41) is 6.28. The number of aromatic nitrogens is 1. The highest BCUT2D eigenvalue weighted by Crippen LogP contribution is 2.41. The normalized spacial score (nSPS) is 15.0. The minimum atomic E-state index is -0.226. The summed E-state index contributed by atoms with van der Waals surface area (Å²) in [5.74, 6) is 0.693. The number of rotatable bonds is 6. The lowest BCUT2D eigenvalue weighted by Crippen LogP contribution is -2.50. The summed E-state index contributed by atoms with van der Waals surface area (Å²) in [5.41, 5.74) is 2.53. The molecule has 3 aromatic rings. The van der Waals surface area contributed by atoms with E-state index in [9.17, 15) is 4.79 Å². The number of benzene rings is 2. The van der Waals surface area contributed by atoms with Crippen LogP contribution in [0.1, 0.15) is 45.9 Å². The third-order valence-electron chi connectivity index (χ3n) is 5.06. The van der Waals surface area contributed by atoms with Gasteiger partial charge in [-0.3, -0.25) is 4.79 Å². The van der Waals surface area contributed by atoms with Crippen molar-refractivity contribution in [1.82, 2.24) is 10.3 Å². The van der Waals surface area contributed by atoms with E-state index in [1.807, 2.05) is 54.8 Å². The summed E-state index contributed by atoms with van der Waals surface area (Å²) in [7, 11) is 0. The van der Waals surface area contributed by atoms with Gasteiger partial charge in [-0.1, -0.05) is 30.3 Å². The molecule has 138 valence electrons. The molecule has 1 amide bonds. The third kappa shape index (κ3) is 3.88. The van der Waals surface area contributed by atoms with Crippen LogP contribution in [0.25, 0.3) is 0 Å². The molecule has 5 heteroatoms. The molecule has 1 heterocycles. The molecule has 1 aromatic heterocycles. The van der Waals surface area contributed by atoms with Gasteiger partial charge in [-0.15, -0.1) is 11.3 Å². The Morgan fingerprint density at radius 3 is 2.48 bits per heavy atom. The van der Waals surface area contributed by atoms with Gasteiger partial charge < -0.3 is 10.1 Å². The Morgan fingerprint density at radius 1 is 1.15 bits per heavy atom. The highest BCUT2D eigenvalue weighted by molar-refractivity contribution is 7.09. The number of amides is 1. The van der Waals surface area contributed by atoms with Crippen molar-refractivity contribution in [1.29, 1.82) is 0 Å². The molecular formula is C22H22N2O2S. The van der Waals surface area contributed by atoms with Crippen LogP contribution < -0.4 is 10.1 Å². The summed E-state index contributed by atoms with van der Waals surface area (Å²) in [6, 6.07) is 17.5. The van der Waals surface area contributed by atoms with E-state index >= 15 is 0 Å². The predicted octanol–water partition coefficient (Wildman–Crippen LogP) is 4.84. The van der Waals surface area contributed by atoms with Gasteiger partial charge in [0.25, 0.3) is 5.91 Å². The van der Waals surface area contributed by atoms with Crippen LogP contribution in [0.4, 0.5) is 0 Å². The second kappa shape index (κ2) is 7.53. The molecule has 0 unspecified atom stereocenters. The average molecular weight is 378 g/mol. The highest BCUT2D eigenvalue weighted by atomic mass is 32.1. The zero-order valence-corrected chi connectivity index (χ0v) is 16.1. The second-order valence-corrected chi connectivity index (χ2v) is 7.99. The number of hydrogen-bond donors (Lipinski definition) is 1. The van der Waals surface area contributed by atoms with Crippen molar-refractivity contribution in [3.63, 3.8) is 0 Å². The lowest BCUT2D eigenvalue weighted by Gasteiger charge is -2.43. The second-order valence-electron chi connectivity index (χ2n) is 6.93. The van der Waals surface area contributed by atoms with Crippen LogP contribution in [-0.2, 0) is 12.1 Å². The van der Waals surface area contributed by atoms with Crippen molar-refractivity contribution in [3.05, 3.63) is 81.8 Å². The molecule has 0 bridgehead atoms. The number of nitrogens with one attached hydrogen (secondary N) is 1. The first-order valence-corrected chi connectivity index (χ1v) is 10.0. The van der Waals surface area contributed by atoms with Gasteiger partial charge in [0.05, 0.1) is 16.2 Å². The Bertz CT molecular complexity index is 915. The number of carbonyl (C=O) groups excluding carboxylic acids is 1. The van der Waals surface area contributed by atoms with E-state index in [1.165, 1.54) is 5.56 Å². The Hall–Kier alpha value is -2.66. The number of thiazole rings is 1. The van der Waals surface area contributed by atoms with Crippen LogP contribution in [0.2, 0.25) is 0 Å². The van der Waals surface area contributed by atoms with Crippen molar-refractivity contribution < 1.29 is 9.53 Å². The van der Waals surface area contributed by atoms with Gasteiger partial charge in [0.2, 0.25) is 0 Å². The maximum Gasteiger partial charge on any atom is 0.251 e. The van der Waals surface area contributed by atoms with Crippen molar-refractivity contribution in [2.45, 2.75) is 38.3 Å². The topological polar surface area (TPSA) is 51.2 Å². The third-order valence-corrected chi connectivity index (χ3v) is 5.88. The molecule has 0 spiro atoms. The average Bonchev–Trinajstić information content (AvgIpc) is 3.09. The lowest BCUT2D eigenvalue weighted by molar-refractivity contribution is 0.0823. The van der Waals surface area contributed by atoms with Crippen LogP contribution >= 0.6 is 11.3 Å². The van der Waals surface area contributed by atoms with Gasteiger partial charge in [-0.2, -0.15) is 0 Å². The molecule has 2 aromatic carbocycles. The van der Waals surface area contributed by atoms with Gasteiger partial charge in [0, 0.05) is 10.9 Å². The molecule has 1 fully saturated rings. The van der Waals surface area contributed by atoms with Crippen molar-refractivity contribution in [3.8, 4) is 5.75 Å². The van der Waals surface area contributed by atoms with Gasteiger partial charge in [-0.25, -0.2) is 4.98 Å². The Labute approximate surface area is 163 Å². The fourth-order valence-electron chi connectivity index (χ4n) is 3.40. The van der Waals surface area contributed by atoms with E-state index in [2.05, 4.69) is 22.4 Å². The first-order chi connectivity index (χ1) is 13.1. The van der Waals surface area contributed by atoms with Crippen LogP contribution in [0.3, 0.4) is 0 Å². The van der Waals surface area contributed by atoms with E-state index in [0.717, 1.165) is 35.7 Å². The zero-order chi connectivity index (χ0) is 18.7. The first-order valence-electron chi connectivity index (χ1n) is 9.17. The lowest BCUT2D eigenvalue weighted by atomic mass is 9.71. The highest BCUT2D eigenvalue weighted by Gasteiger charge is 2.39. The van der Waals surface area contributed by atoms with E-state index in [-0.39, 0.29) is 11.4 Å². The number of carbonyl (C=O) groups is 1. The fraction of sp³-hybridized carbons (Fsp3) is 0.273. The summed E-state index contributed by atoms with van der Waals surface area (Å²) < 4.78 is 5.76. The largest absolute Gasteiger partial charge is 0.487 e. The fourth-order valence-corrected chi connectivity index (χ4v) is 3.99. The quantitative estimate of drug-likeness (QED) is 0.668. The van der Waals surface area contributed by atoms with Gasteiger partial charge >= 0.3 is 0 Å². The molecule has 4 nitrogen and oxygen atoms in total. The van der Waals surface area contributed by atoms with Crippen LogP contribution in [-0.4, -0.2) is 10.9 Å². The minimum Gasteiger partial charge on any atom is -0.487 e. The molecular weight excluding hydrogens is 356 g/mol. The molecule has 0 saturated heterocycles. The van der Waals surface area contributed by atoms with Crippen LogP contribution in [0.15, 0.2) is 60.0 Å². The summed E-state index contributed by atoms with van der Waals surface area (Å²) in [6.07, 6.45) is 3.10. The molecule has 1 saturated carbocycles. The molecule has 0 atom stereocenters. The van der Waals surface area contributed by atoms with Crippen molar-refractivity contribution >= 4 is 17.2 Å². The smallest absolute Gasteiger partial charge is 0.251 e. The molecule has 27 heavy (non-hydrogen) atoms. The van der Waals surface area contributed by atoms with E-state index in [1.54, 1.807) is 11.3 Å². The van der Waals surface area contributed by atoms with Gasteiger partial charge in [0.1, 0.15) is 12.4 Å². The Morgan fingerprint density at radius 2 is 1.89 bits per heavy atom. The maximum atomic E-state index is 12.8. The number of hydrogen-bond acceptors (Lipinski definition) is 4. The van der Waals surface area contributed by atoms with Crippen molar-refractivity contribution in [2.75, 3.05) is 0 Å². The van der Waals surface area contributed by atoms with Crippen molar-refractivity contribution in [2.24, 2.45) is 0 Å².